The van der Waals surface area contributed by atoms with Gasteiger partial charge < -0.3 is 5.11 Å². The molecule has 4 heteroatoms. The molecule has 0 aliphatic rings. The summed E-state index contributed by atoms with van der Waals surface area (Å²) in [6.07, 6.45) is 2.37. The van der Waals surface area contributed by atoms with Crippen LogP contribution in [-0.4, -0.2) is 22.5 Å². The fraction of sp³-hybridized carbons (Fsp3) is 0.435. The van der Waals surface area contributed by atoms with Crippen LogP contribution in [0, 0.1) is 12.8 Å². The number of nitrogens with zero attached hydrogens (tertiary/aromatic N) is 1. The Morgan fingerprint density at radius 1 is 1.11 bits per heavy atom. The quantitative estimate of drug-likeness (QED) is 0.567. The van der Waals surface area contributed by atoms with E-state index in [2.05, 4.69) is 49.1 Å². The third kappa shape index (κ3) is 7.74. The summed E-state index contributed by atoms with van der Waals surface area (Å²) in [5.74, 6) is -0.0924. The average molecular weight is 388 g/mol. The zero-order chi connectivity index (χ0) is 19.8. The van der Waals surface area contributed by atoms with Gasteiger partial charge in [-0.15, -0.1) is 0 Å². The van der Waals surface area contributed by atoms with E-state index in [1.165, 1.54) is 17.5 Å². The summed E-state index contributed by atoms with van der Waals surface area (Å²) in [6, 6.07) is 14.6. The van der Waals surface area contributed by atoms with Gasteiger partial charge in [-0.2, -0.15) is 0 Å². The molecular weight excluding hydrogens is 358 g/mol. The van der Waals surface area contributed by atoms with Gasteiger partial charge in [0.1, 0.15) is 0 Å². The zero-order valence-corrected chi connectivity index (χ0v) is 17.3. The first kappa shape index (κ1) is 21.5. The number of aryl methyl sites for hydroxylation is 2. The molecule has 0 spiro atoms. The number of carboxylic acids is 1. The smallest absolute Gasteiger partial charge is 0.304 e. The highest BCUT2D eigenvalue weighted by atomic mass is 35.5. The van der Waals surface area contributed by atoms with Crippen molar-refractivity contribution in [2.45, 2.75) is 53.1 Å². The number of hydrogen-bond donors (Lipinski definition) is 1. The van der Waals surface area contributed by atoms with Crippen molar-refractivity contribution in [1.29, 1.82) is 0 Å². The molecular formula is C23H30ClNO2. The first-order valence-corrected chi connectivity index (χ1v) is 9.98. The summed E-state index contributed by atoms with van der Waals surface area (Å²) in [7, 11) is 0. The van der Waals surface area contributed by atoms with Gasteiger partial charge in [0.2, 0.25) is 0 Å². The van der Waals surface area contributed by atoms with Crippen LogP contribution in [0.4, 0.5) is 0 Å². The third-order valence-electron chi connectivity index (χ3n) is 4.65. The van der Waals surface area contributed by atoms with Crippen LogP contribution in [0.2, 0.25) is 5.02 Å². The number of hydrogen-bond acceptors (Lipinski definition) is 2. The van der Waals surface area contributed by atoms with Crippen LogP contribution in [-0.2, 0) is 24.3 Å². The summed E-state index contributed by atoms with van der Waals surface area (Å²) in [5, 5.41) is 9.83. The average Bonchev–Trinajstić information content (AvgIpc) is 2.61. The predicted molar refractivity (Wildman–Crippen MR) is 112 cm³/mol. The molecule has 3 nitrogen and oxygen atoms in total. The van der Waals surface area contributed by atoms with E-state index >= 15 is 0 Å². The van der Waals surface area contributed by atoms with E-state index in [1.54, 1.807) is 0 Å². The highest BCUT2D eigenvalue weighted by Gasteiger charge is 2.12. The van der Waals surface area contributed by atoms with Gasteiger partial charge in [0, 0.05) is 24.7 Å². The first-order chi connectivity index (χ1) is 12.8. The van der Waals surface area contributed by atoms with Crippen molar-refractivity contribution < 1.29 is 9.90 Å². The van der Waals surface area contributed by atoms with Gasteiger partial charge in [-0.05, 0) is 48.4 Å². The molecule has 0 saturated heterocycles. The molecule has 0 aromatic heterocycles. The summed E-state index contributed by atoms with van der Waals surface area (Å²) in [4.78, 5) is 13.2. The molecule has 0 aliphatic heterocycles. The molecule has 0 amide bonds. The van der Waals surface area contributed by atoms with Crippen molar-refractivity contribution in [2.24, 2.45) is 5.92 Å². The van der Waals surface area contributed by atoms with Crippen LogP contribution in [0.5, 0.6) is 0 Å². The van der Waals surface area contributed by atoms with Gasteiger partial charge in [-0.3, -0.25) is 9.69 Å². The molecule has 0 saturated carbocycles. The van der Waals surface area contributed by atoms with Gasteiger partial charge in [0.15, 0.2) is 0 Å². The summed E-state index contributed by atoms with van der Waals surface area (Å²) >= 11 is 6.36. The van der Waals surface area contributed by atoms with Crippen molar-refractivity contribution in [1.82, 2.24) is 4.90 Å². The van der Waals surface area contributed by atoms with Crippen molar-refractivity contribution >= 4 is 17.6 Å². The van der Waals surface area contributed by atoms with Gasteiger partial charge in [-0.25, -0.2) is 0 Å². The maximum atomic E-state index is 11.1. The minimum Gasteiger partial charge on any atom is -0.481 e. The van der Waals surface area contributed by atoms with E-state index in [4.69, 9.17) is 16.7 Å². The number of carboxylic acid groups (broad SMARTS) is 1. The fourth-order valence-corrected chi connectivity index (χ4v) is 3.31. The van der Waals surface area contributed by atoms with E-state index in [1.807, 2.05) is 19.1 Å². The van der Waals surface area contributed by atoms with E-state index in [-0.39, 0.29) is 6.42 Å². The molecule has 2 aromatic carbocycles. The summed E-state index contributed by atoms with van der Waals surface area (Å²) in [5.41, 5.74) is 4.75. The first-order valence-electron chi connectivity index (χ1n) is 9.60. The molecule has 27 heavy (non-hydrogen) atoms. The standard InChI is InChI=1S/C23H30ClNO2/c1-17(2)7-9-19-5-4-6-20(14-19)15-25(12-11-23(26)27)16-21-13-18(3)8-10-22(21)24/h4-6,8,10,13-14,17H,7,9,11-12,15-16H2,1-3H3,(H,26,27). The van der Waals surface area contributed by atoms with Gasteiger partial charge in [-0.1, -0.05) is 67.4 Å². The number of aliphatic carboxylic acids is 1. The monoisotopic (exact) mass is 387 g/mol. The lowest BCUT2D eigenvalue weighted by atomic mass is 10.0. The molecule has 2 aromatic rings. The molecule has 0 aliphatic carbocycles. The van der Waals surface area contributed by atoms with Crippen LogP contribution < -0.4 is 0 Å². The second-order valence-electron chi connectivity index (χ2n) is 7.70. The third-order valence-corrected chi connectivity index (χ3v) is 5.01. The van der Waals surface area contributed by atoms with Gasteiger partial charge in [0.05, 0.1) is 6.42 Å². The largest absolute Gasteiger partial charge is 0.481 e. The predicted octanol–water partition coefficient (Wildman–Crippen LogP) is 5.71. The van der Waals surface area contributed by atoms with E-state index in [0.717, 1.165) is 22.6 Å². The highest BCUT2D eigenvalue weighted by Crippen LogP contribution is 2.21. The Balaban J connectivity index is 2.13. The van der Waals surface area contributed by atoms with Crippen LogP contribution in [0.15, 0.2) is 42.5 Å². The Morgan fingerprint density at radius 2 is 1.85 bits per heavy atom. The van der Waals surface area contributed by atoms with E-state index in [0.29, 0.717) is 25.6 Å². The molecule has 2 rings (SSSR count). The normalized spacial score (nSPS) is 11.3. The van der Waals surface area contributed by atoms with Gasteiger partial charge in [0.25, 0.3) is 0 Å². The van der Waals surface area contributed by atoms with Crippen LogP contribution >= 0.6 is 11.6 Å². The lowest BCUT2D eigenvalue weighted by molar-refractivity contribution is -0.137. The molecule has 0 bridgehead atoms. The van der Waals surface area contributed by atoms with E-state index < -0.39 is 5.97 Å². The fourth-order valence-electron chi connectivity index (χ4n) is 3.13. The van der Waals surface area contributed by atoms with Crippen LogP contribution in [0.3, 0.4) is 0 Å². The topological polar surface area (TPSA) is 40.5 Å². The lowest BCUT2D eigenvalue weighted by Gasteiger charge is -2.23. The molecule has 0 heterocycles. The molecule has 146 valence electrons. The van der Waals surface area contributed by atoms with Crippen molar-refractivity contribution in [3.05, 3.63) is 69.7 Å². The number of benzene rings is 2. The molecule has 0 fully saturated rings. The number of halogens is 1. The van der Waals surface area contributed by atoms with Crippen LogP contribution in [0.1, 0.15) is 48.9 Å². The minimum absolute atomic E-state index is 0.122. The second kappa shape index (κ2) is 10.5. The molecule has 1 N–H and O–H groups in total. The van der Waals surface area contributed by atoms with Crippen molar-refractivity contribution in [3.63, 3.8) is 0 Å². The Kier molecular flexibility index (Phi) is 8.33. The Labute approximate surface area is 168 Å². The summed E-state index contributed by atoms with van der Waals surface area (Å²) < 4.78 is 0. The van der Waals surface area contributed by atoms with Crippen molar-refractivity contribution in [3.8, 4) is 0 Å². The van der Waals surface area contributed by atoms with Crippen LogP contribution in [0.25, 0.3) is 0 Å². The zero-order valence-electron chi connectivity index (χ0n) is 16.5. The SMILES string of the molecule is Cc1ccc(Cl)c(CN(CCC(=O)O)Cc2cccc(CCC(C)C)c2)c1. The Hall–Kier alpha value is -1.84. The molecule has 0 atom stereocenters. The number of rotatable bonds is 10. The minimum atomic E-state index is -0.777. The maximum Gasteiger partial charge on any atom is 0.304 e. The molecule has 0 radical (unpaired) electrons. The highest BCUT2D eigenvalue weighted by molar-refractivity contribution is 6.31. The summed E-state index contributed by atoms with van der Waals surface area (Å²) in [6.45, 7) is 8.37. The van der Waals surface area contributed by atoms with Crippen molar-refractivity contribution in [2.75, 3.05) is 6.54 Å². The number of carbonyl (C=O) groups is 1. The second-order valence-corrected chi connectivity index (χ2v) is 8.11. The Morgan fingerprint density at radius 3 is 2.56 bits per heavy atom. The lowest BCUT2D eigenvalue weighted by Crippen LogP contribution is -2.26. The Bertz CT molecular complexity index is 758. The van der Waals surface area contributed by atoms with Gasteiger partial charge >= 0.3 is 5.97 Å². The molecule has 0 unspecified atom stereocenters. The van der Waals surface area contributed by atoms with E-state index in [9.17, 15) is 4.79 Å². The maximum absolute atomic E-state index is 11.1.